The molecule has 0 amide bonds. The fraction of sp³-hybridized carbons (Fsp3) is 0.412. The van der Waals surface area contributed by atoms with Crippen LogP contribution in [-0.2, 0) is 6.42 Å². The van der Waals surface area contributed by atoms with Crippen molar-refractivity contribution in [3.05, 3.63) is 60.1 Å². The van der Waals surface area contributed by atoms with E-state index in [2.05, 4.69) is 56.4 Å². The highest BCUT2D eigenvalue weighted by Gasteiger charge is 2.17. The Balaban J connectivity index is 2.09. The van der Waals surface area contributed by atoms with Crippen LogP contribution in [0.25, 0.3) is 0 Å². The van der Waals surface area contributed by atoms with Crippen molar-refractivity contribution in [1.29, 1.82) is 0 Å². The Morgan fingerprint density at radius 2 is 1.79 bits per heavy atom. The molecule has 1 N–H and O–H groups in total. The van der Waals surface area contributed by atoms with Crippen LogP contribution in [0.1, 0.15) is 38.0 Å². The molecule has 1 aromatic carbocycles. The zero-order valence-corrected chi connectivity index (χ0v) is 12.0. The molecule has 1 unspecified atom stereocenters. The molecule has 19 heavy (non-hydrogen) atoms. The summed E-state index contributed by atoms with van der Waals surface area (Å²) >= 11 is 0. The van der Waals surface area contributed by atoms with Gasteiger partial charge in [-0.3, -0.25) is 0 Å². The van der Waals surface area contributed by atoms with E-state index < -0.39 is 0 Å². The molecular weight excluding hydrogens is 234 g/mol. The molecule has 2 aromatic rings. The molecule has 2 heteroatoms. The van der Waals surface area contributed by atoms with Gasteiger partial charge in [0.1, 0.15) is 5.76 Å². The van der Waals surface area contributed by atoms with Crippen molar-refractivity contribution in [2.45, 2.75) is 38.6 Å². The second kappa shape index (κ2) is 6.07. The standard InChI is InChI=1S/C17H23NO/c1-17(2,3)18-13-15(12-16-10-7-11-19-16)14-8-5-4-6-9-14/h4-11,15,18H,12-13H2,1-3H3. The van der Waals surface area contributed by atoms with Gasteiger partial charge in [0.05, 0.1) is 6.26 Å². The summed E-state index contributed by atoms with van der Waals surface area (Å²) < 4.78 is 5.49. The number of nitrogens with one attached hydrogen (secondary N) is 1. The average molecular weight is 257 g/mol. The summed E-state index contributed by atoms with van der Waals surface area (Å²) in [5.74, 6) is 1.48. The Bertz CT molecular complexity index is 468. The van der Waals surface area contributed by atoms with Gasteiger partial charge in [0.2, 0.25) is 0 Å². The molecule has 1 atom stereocenters. The number of rotatable bonds is 5. The van der Waals surface area contributed by atoms with E-state index in [0.717, 1.165) is 18.7 Å². The normalized spacial score (nSPS) is 13.4. The van der Waals surface area contributed by atoms with Crippen molar-refractivity contribution in [1.82, 2.24) is 5.32 Å². The summed E-state index contributed by atoms with van der Waals surface area (Å²) in [4.78, 5) is 0. The third-order valence-electron chi connectivity index (χ3n) is 3.18. The first kappa shape index (κ1) is 13.9. The zero-order valence-electron chi connectivity index (χ0n) is 12.0. The van der Waals surface area contributed by atoms with E-state index in [9.17, 15) is 0 Å². The lowest BCUT2D eigenvalue weighted by molar-refractivity contribution is 0.393. The molecule has 0 aliphatic heterocycles. The van der Waals surface area contributed by atoms with E-state index in [1.165, 1.54) is 5.56 Å². The van der Waals surface area contributed by atoms with Crippen molar-refractivity contribution in [2.75, 3.05) is 6.54 Å². The van der Waals surface area contributed by atoms with Gasteiger partial charge in [-0.15, -0.1) is 0 Å². The van der Waals surface area contributed by atoms with Gasteiger partial charge < -0.3 is 9.73 Å². The molecule has 1 heterocycles. The van der Waals surface area contributed by atoms with Crippen molar-refractivity contribution in [3.63, 3.8) is 0 Å². The Hall–Kier alpha value is -1.54. The Morgan fingerprint density at radius 3 is 2.37 bits per heavy atom. The second-order valence-electron chi connectivity index (χ2n) is 6.02. The molecule has 2 rings (SSSR count). The lowest BCUT2D eigenvalue weighted by Crippen LogP contribution is -2.39. The average Bonchev–Trinajstić information content (AvgIpc) is 2.87. The minimum absolute atomic E-state index is 0.135. The zero-order chi connectivity index (χ0) is 13.7. The fourth-order valence-electron chi connectivity index (χ4n) is 2.13. The molecule has 0 bridgehead atoms. The van der Waals surface area contributed by atoms with Gasteiger partial charge in [0.15, 0.2) is 0 Å². The number of furan rings is 1. The minimum Gasteiger partial charge on any atom is -0.469 e. The Labute approximate surface area is 115 Å². The Morgan fingerprint density at radius 1 is 1.05 bits per heavy atom. The third kappa shape index (κ3) is 4.56. The first-order valence-corrected chi connectivity index (χ1v) is 6.87. The van der Waals surface area contributed by atoms with Crippen LogP contribution >= 0.6 is 0 Å². The predicted octanol–water partition coefficient (Wildman–Crippen LogP) is 3.99. The van der Waals surface area contributed by atoms with Crippen molar-refractivity contribution in [2.24, 2.45) is 0 Å². The summed E-state index contributed by atoms with van der Waals surface area (Å²) in [6.07, 6.45) is 2.68. The van der Waals surface area contributed by atoms with Gasteiger partial charge in [-0.25, -0.2) is 0 Å². The molecule has 0 saturated carbocycles. The third-order valence-corrected chi connectivity index (χ3v) is 3.18. The monoisotopic (exact) mass is 257 g/mol. The summed E-state index contributed by atoms with van der Waals surface area (Å²) in [5.41, 5.74) is 1.49. The maximum Gasteiger partial charge on any atom is 0.104 e. The van der Waals surface area contributed by atoms with E-state index in [1.807, 2.05) is 12.1 Å². The quantitative estimate of drug-likeness (QED) is 0.876. The van der Waals surface area contributed by atoms with Crippen LogP contribution in [0.4, 0.5) is 0 Å². The first-order chi connectivity index (χ1) is 9.04. The fourth-order valence-corrected chi connectivity index (χ4v) is 2.13. The summed E-state index contributed by atoms with van der Waals surface area (Å²) in [7, 11) is 0. The topological polar surface area (TPSA) is 25.2 Å². The molecule has 0 saturated heterocycles. The van der Waals surface area contributed by atoms with Gasteiger partial charge in [-0.2, -0.15) is 0 Å². The highest BCUT2D eigenvalue weighted by Crippen LogP contribution is 2.21. The Kier molecular flexibility index (Phi) is 4.43. The van der Waals surface area contributed by atoms with Crippen LogP contribution in [0.2, 0.25) is 0 Å². The van der Waals surface area contributed by atoms with E-state index in [1.54, 1.807) is 6.26 Å². The van der Waals surface area contributed by atoms with Crippen LogP contribution < -0.4 is 5.32 Å². The molecule has 0 aliphatic rings. The number of benzene rings is 1. The van der Waals surface area contributed by atoms with Crippen LogP contribution in [0.15, 0.2) is 53.1 Å². The lowest BCUT2D eigenvalue weighted by Gasteiger charge is -2.25. The highest BCUT2D eigenvalue weighted by molar-refractivity contribution is 5.22. The van der Waals surface area contributed by atoms with E-state index in [4.69, 9.17) is 4.42 Å². The predicted molar refractivity (Wildman–Crippen MR) is 79.4 cm³/mol. The van der Waals surface area contributed by atoms with Gasteiger partial charge >= 0.3 is 0 Å². The van der Waals surface area contributed by atoms with Crippen molar-refractivity contribution in [3.8, 4) is 0 Å². The van der Waals surface area contributed by atoms with Gasteiger partial charge in [0, 0.05) is 24.4 Å². The SMILES string of the molecule is CC(C)(C)NCC(Cc1ccco1)c1ccccc1. The molecule has 0 radical (unpaired) electrons. The second-order valence-corrected chi connectivity index (χ2v) is 6.02. The minimum atomic E-state index is 0.135. The molecule has 0 spiro atoms. The first-order valence-electron chi connectivity index (χ1n) is 6.87. The van der Waals surface area contributed by atoms with Gasteiger partial charge in [-0.05, 0) is 38.5 Å². The van der Waals surface area contributed by atoms with Crippen molar-refractivity contribution >= 4 is 0 Å². The number of hydrogen-bond donors (Lipinski definition) is 1. The van der Waals surface area contributed by atoms with E-state index in [-0.39, 0.29) is 5.54 Å². The largest absolute Gasteiger partial charge is 0.469 e. The van der Waals surface area contributed by atoms with Gasteiger partial charge in [-0.1, -0.05) is 30.3 Å². The maximum absolute atomic E-state index is 5.49. The van der Waals surface area contributed by atoms with E-state index >= 15 is 0 Å². The molecule has 2 nitrogen and oxygen atoms in total. The van der Waals surface area contributed by atoms with E-state index in [0.29, 0.717) is 5.92 Å². The molecule has 0 fully saturated rings. The maximum atomic E-state index is 5.49. The summed E-state index contributed by atoms with van der Waals surface area (Å²) in [6, 6.07) is 14.6. The van der Waals surface area contributed by atoms with Crippen LogP contribution in [0.5, 0.6) is 0 Å². The molecule has 1 aromatic heterocycles. The summed E-state index contributed by atoms with van der Waals surface area (Å²) in [6.45, 7) is 7.54. The molecular formula is C17H23NO. The summed E-state index contributed by atoms with van der Waals surface area (Å²) in [5, 5.41) is 3.59. The smallest absolute Gasteiger partial charge is 0.104 e. The molecule has 102 valence electrons. The lowest BCUT2D eigenvalue weighted by atomic mass is 9.93. The highest BCUT2D eigenvalue weighted by atomic mass is 16.3. The van der Waals surface area contributed by atoms with Crippen LogP contribution in [-0.4, -0.2) is 12.1 Å². The van der Waals surface area contributed by atoms with Gasteiger partial charge in [0.25, 0.3) is 0 Å². The van der Waals surface area contributed by atoms with Crippen LogP contribution in [0.3, 0.4) is 0 Å². The molecule has 0 aliphatic carbocycles. The van der Waals surface area contributed by atoms with Crippen molar-refractivity contribution < 1.29 is 4.42 Å². The van der Waals surface area contributed by atoms with Crippen LogP contribution in [0, 0.1) is 0 Å². The number of hydrogen-bond acceptors (Lipinski definition) is 2.